The molecule has 7 atom stereocenters. The molecule has 8 N–H and O–H groups in total. The number of Topliss-reactive ketones (excluding diaryl/α,β-unsaturated/α-hetero) is 1. The molecule has 3 aromatic carbocycles. The number of benzene rings is 3. The van der Waals surface area contributed by atoms with Gasteiger partial charge in [0.1, 0.15) is 98.7 Å². The molecule has 44 heteroatoms. The second kappa shape index (κ2) is 66.3. The number of hydrogen-bond donors (Lipinski definition) is 7. The van der Waals surface area contributed by atoms with Crippen LogP contribution in [0, 0.1) is 66.1 Å². The van der Waals surface area contributed by atoms with Gasteiger partial charge in [-0.1, -0.05) is 5.11 Å². The van der Waals surface area contributed by atoms with Crippen molar-refractivity contribution in [2.24, 2.45) is 10.3 Å². The van der Waals surface area contributed by atoms with Crippen LogP contribution in [0.25, 0.3) is 15.3 Å². The Hall–Kier alpha value is -6.70. The third-order valence-electron chi connectivity index (χ3n) is 11.3. The van der Waals surface area contributed by atoms with E-state index < -0.39 is 134 Å². The quantitative estimate of drug-likeness (QED) is 0.00289. The Kier molecular flexibility index (Phi) is 68.7. The van der Waals surface area contributed by atoms with Gasteiger partial charge in [-0.3, -0.25) is 9.93 Å². The molecule has 0 aliphatic carbocycles. The van der Waals surface area contributed by atoms with E-state index in [1.54, 1.807) is 75.5 Å². The number of halogens is 8. The van der Waals surface area contributed by atoms with Crippen molar-refractivity contribution in [2.45, 2.75) is 148 Å². The zero-order valence-electron chi connectivity index (χ0n) is 67.7. The van der Waals surface area contributed by atoms with Gasteiger partial charge in [0.2, 0.25) is 5.69 Å². The molecule has 0 radical (unpaired) electrons. The van der Waals surface area contributed by atoms with Gasteiger partial charge in [-0.25, -0.2) is 54.2 Å². The third-order valence-corrected chi connectivity index (χ3v) is 12.5. The van der Waals surface area contributed by atoms with Crippen LogP contribution in [0.4, 0.5) is 50.8 Å². The van der Waals surface area contributed by atoms with Crippen LogP contribution in [0.1, 0.15) is 106 Å². The van der Waals surface area contributed by atoms with Gasteiger partial charge in [0, 0.05) is 65.2 Å². The maximum atomic E-state index is 14.1. The molecule has 3 aromatic rings. The summed E-state index contributed by atoms with van der Waals surface area (Å²) in [5, 5.41) is 51.0. The average Bonchev–Trinajstić information content (AvgIpc) is 1.10. The molecular formula is C70H111BrF7MgN9O25S. The maximum absolute atomic E-state index is 14.1. The van der Waals surface area contributed by atoms with Crippen LogP contribution >= 0.6 is 0 Å². The van der Waals surface area contributed by atoms with Gasteiger partial charge >= 0.3 is 41.3 Å². The zero-order valence-corrected chi connectivity index (χ0v) is 71.5. The Morgan fingerprint density at radius 3 is 1.33 bits per heavy atom. The van der Waals surface area contributed by atoms with E-state index >= 15 is 0 Å². The number of carbonyl (C=O) groups excluding carboxylic acids is 4. The number of epoxide rings is 2. The molecule has 2 saturated heterocycles. The van der Waals surface area contributed by atoms with Gasteiger partial charge < -0.3 is 136 Å². The molecule has 114 heavy (non-hydrogen) atoms. The standard InChI is InChI=1S/C18H25F2NO6.C17H22F2N2O5.C10H21NO5.C7H2F3N.C5H11N3O3.C5H10O3.C4H11NOS.C3H6O2.CH3.BrH.Mg/c1-11(22)14-6-12(19)7-15(20)16(14)26-13(9-25-10-24-5)8-21-17(23)27-18(2,3)4;1-17(2,3)26-16(22)21-8-13(9-24-10-23-4)25-15-11(7-20)5-12(18)6-14(15)19;1-10(2,3)16-9(13)11-5-8(12)6-15-7-14-4;1-11-6-3-4(8)2-5(9)7(6)10;1-10-4-11-3-5(9)2-7-8-6;1-6-4-7-2-5-3-8-5;1-4(2,3)7(5)6;4-1-3-2-5-3;;;/h6-7,13H,8-10H2,1-5H3,(H,21,23);5-6,13H,8-10H2,1-4H3,(H,21,22);8,12H,5-7H2,1-4H3,(H,11,13);2-3H;5,9H,2-4H2,1H3;5H,2-4H2,1H3;5H2,1-3H3;3-4H,1-2H2;1H3;1H;/q;;;;;;;;-1;;+2/p-1/t2*13-;8-;;2*5-;7-;3-;;;/m000.0111.../s1. The first-order valence-electron chi connectivity index (χ1n) is 33.2. The normalized spacial score (nSPS) is 14.0. The van der Waals surface area contributed by atoms with Crippen molar-refractivity contribution in [3.8, 4) is 17.6 Å². The smallest absolute Gasteiger partial charge is 1.00 e. The van der Waals surface area contributed by atoms with Crippen LogP contribution in [0.15, 0.2) is 41.5 Å². The fraction of sp³-hybridized carbons (Fsp3) is 0.643. The number of ether oxygens (including phenoxy) is 17. The minimum atomic E-state index is -1.34. The topological polar surface area (TPSA) is 449 Å². The molecule has 650 valence electrons. The number of carbonyl (C=O) groups is 4. The first-order valence-corrected chi connectivity index (χ1v) is 34.4. The first-order chi connectivity index (χ1) is 51.8. The number of nitrogens with zero attached hydrogens (tertiary/aromatic N) is 5. The fourth-order valence-corrected chi connectivity index (χ4v) is 6.37. The van der Waals surface area contributed by atoms with Gasteiger partial charge in [-0.2, -0.15) is 5.26 Å². The summed E-state index contributed by atoms with van der Waals surface area (Å²) in [5.74, 6) is -8.86. The van der Waals surface area contributed by atoms with Crippen molar-refractivity contribution in [3.05, 3.63) is 118 Å². The van der Waals surface area contributed by atoms with E-state index in [0.717, 1.165) is 32.3 Å². The first kappa shape index (κ1) is 118. The summed E-state index contributed by atoms with van der Waals surface area (Å²) in [6.45, 7) is 31.5. The number of hydrogen-bond acceptors (Lipinski definition) is 27. The molecule has 2 aliphatic rings. The van der Waals surface area contributed by atoms with Crippen molar-refractivity contribution in [1.82, 2.24) is 16.0 Å². The number of alkyl carbamates (subject to hydrolysis) is 3. The monoisotopic (exact) mass is 1750 g/mol. The number of aliphatic hydroxyl groups excluding tert-OH is 3. The summed E-state index contributed by atoms with van der Waals surface area (Å²) in [6, 6.07) is 5.65. The summed E-state index contributed by atoms with van der Waals surface area (Å²) >= 11 is 0. The van der Waals surface area contributed by atoms with Crippen molar-refractivity contribution < 1.29 is 167 Å². The summed E-state index contributed by atoms with van der Waals surface area (Å²) in [4.78, 5) is 51.5. The summed E-state index contributed by atoms with van der Waals surface area (Å²) in [5.41, 5.74) is 4.75. The van der Waals surface area contributed by atoms with Gasteiger partial charge in [0.05, 0.1) is 118 Å². The number of methoxy groups -OCH3 is 5. The van der Waals surface area contributed by atoms with Crippen LogP contribution in [-0.4, -0.2) is 273 Å². The number of rotatable bonds is 34. The predicted molar refractivity (Wildman–Crippen MR) is 398 cm³/mol. The Balaban J connectivity index is -0.000000308. The van der Waals surface area contributed by atoms with Crippen LogP contribution < -0.4 is 47.5 Å². The minimum Gasteiger partial charge on any atom is -1.00 e. The average molecular weight is 1750 g/mol. The van der Waals surface area contributed by atoms with Crippen molar-refractivity contribution >= 4 is 63.8 Å². The molecule has 2 fully saturated rings. The molecule has 0 aromatic heterocycles. The van der Waals surface area contributed by atoms with Gasteiger partial charge in [-0.05, 0) is 114 Å². The maximum Gasteiger partial charge on any atom is 2.00 e. The molecule has 0 saturated carbocycles. The summed E-state index contributed by atoms with van der Waals surface area (Å²) < 4.78 is 186. The van der Waals surface area contributed by atoms with Gasteiger partial charge in [0.25, 0.3) is 0 Å². The second-order valence-corrected chi connectivity index (χ2v) is 28.1. The van der Waals surface area contributed by atoms with E-state index in [-0.39, 0.29) is 156 Å². The van der Waals surface area contributed by atoms with E-state index in [1.807, 2.05) is 20.8 Å². The summed E-state index contributed by atoms with van der Waals surface area (Å²) in [7, 11) is 6.24. The Bertz CT molecular complexity index is 3310. The number of aliphatic hydroxyl groups is 3. The number of ketones is 1. The molecule has 0 spiro atoms. The Morgan fingerprint density at radius 1 is 0.623 bits per heavy atom. The molecule has 0 unspecified atom stereocenters. The zero-order chi connectivity index (χ0) is 85.5. The number of amides is 3. The van der Waals surface area contributed by atoms with Gasteiger partial charge in [-0.15, -0.1) is 0 Å². The Labute approximate surface area is 690 Å². The molecule has 3 amide bonds. The molecule has 5 rings (SSSR count). The van der Waals surface area contributed by atoms with Crippen LogP contribution in [-0.2, 0) is 82.0 Å². The van der Waals surface area contributed by atoms with Crippen molar-refractivity contribution in [3.63, 3.8) is 0 Å². The van der Waals surface area contributed by atoms with Crippen LogP contribution in [0.5, 0.6) is 11.5 Å². The van der Waals surface area contributed by atoms with E-state index in [1.165, 1.54) is 28.4 Å². The number of nitrogens with one attached hydrogen (secondary N) is 3. The Morgan fingerprint density at radius 2 is 0.982 bits per heavy atom. The van der Waals surface area contributed by atoms with Gasteiger partial charge in [0.15, 0.2) is 40.6 Å². The molecular weight excluding hydrogens is 1640 g/mol. The minimum absolute atomic E-state index is 0. The number of nitriles is 1. The number of azide groups is 1. The predicted octanol–water partition coefficient (Wildman–Crippen LogP) is 6.08. The molecule has 2 heterocycles. The van der Waals surface area contributed by atoms with E-state index in [2.05, 4.69) is 49.8 Å². The molecule has 2 aliphatic heterocycles. The van der Waals surface area contributed by atoms with Crippen molar-refractivity contribution in [1.29, 1.82) is 5.26 Å². The van der Waals surface area contributed by atoms with E-state index in [9.17, 15) is 59.2 Å². The van der Waals surface area contributed by atoms with Crippen LogP contribution in [0.3, 0.4) is 0 Å². The SMILES string of the molecule is CC(C)(C)[S@](N)=O.COCOC[C@@H](O)CN=[N+]=[N-].COCOC[C@@H](O)CNC(=O)OC(C)(C)C.COCOC[C@@H]1CO1.COCOC[C@H](CNC(=O)OC(C)(C)C)Oc1c(F)cc(F)cc1C#N.COCOC[C@H](CNC(=O)OC(C)(C)C)Oc1c(F)cc(F)cc1C(C)=O.OC[C@@H]1CO1.[Br-].[C-]#[N+]c1cc(F)cc(F)c1F.[CH3-].[Mg+2]. The molecule has 34 nitrogen and oxygen atoms in total. The largest absolute Gasteiger partial charge is 2.00 e. The van der Waals surface area contributed by atoms with Crippen molar-refractivity contribution in [2.75, 3.05) is 149 Å². The van der Waals surface area contributed by atoms with E-state index in [4.69, 9.17) is 94.3 Å². The molecule has 0 bridgehead atoms. The summed E-state index contributed by atoms with van der Waals surface area (Å²) in [6.07, 6.45) is -4.69. The van der Waals surface area contributed by atoms with E-state index in [0.29, 0.717) is 43.8 Å². The second-order valence-electron chi connectivity index (χ2n) is 26.3. The fourth-order valence-electron chi connectivity index (χ4n) is 6.37. The van der Waals surface area contributed by atoms with Crippen LogP contribution in [0.2, 0.25) is 0 Å². The number of nitrogens with two attached hydrogens (primary N) is 1. The third kappa shape index (κ3) is 67.5.